The summed E-state index contributed by atoms with van der Waals surface area (Å²) in [5.74, 6) is 0.903. The van der Waals surface area contributed by atoms with Crippen molar-refractivity contribution in [2.24, 2.45) is 0 Å². The van der Waals surface area contributed by atoms with E-state index < -0.39 is 5.60 Å². The van der Waals surface area contributed by atoms with Crippen LogP contribution in [-0.2, 0) is 11.2 Å². The van der Waals surface area contributed by atoms with Crippen LogP contribution in [0.5, 0.6) is 5.75 Å². The van der Waals surface area contributed by atoms with E-state index in [1.165, 1.54) is 16.7 Å². The molecule has 1 aromatic heterocycles. The van der Waals surface area contributed by atoms with E-state index in [9.17, 15) is 4.79 Å². The second kappa shape index (κ2) is 7.71. The van der Waals surface area contributed by atoms with Crippen molar-refractivity contribution < 1.29 is 14.3 Å². The van der Waals surface area contributed by atoms with Crippen molar-refractivity contribution in [3.8, 4) is 5.75 Å². The van der Waals surface area contributed by atoms with E-state index in [2.05, 4.69) is 17.1 Å². The maximum absolute atomic E-state index is 12.3. The van der Waals surface area contributed by atoms with Crippen molar-refractivity contribution in [3.63, 3.8) is 0 Å². The van der Waals surface area contributed by atoms with Gasteiger partial charge in [0.05, 0.1) is 10.7 Å². The molecule has 0 saturated carbocycles. The topological polar surface area (TPSA) is 51.7 Å². The molecular formula is C23H25ClN2O3. The molecule has 1 unspecified atom stereocenters. The third-order valence-electron chi connectivity index (χ3n) is 5.08. The maximum Gasteiger partial charge on any atom is 0.410 e. The summed E-state index contributed by atoms with van der Waals surface area (Å²) in [6.45, 7) is 6.85. The number of hydrogen-bond donors (Lipinski definition) is 0. The predicted molar refractivity (Wildman–Crippen MR) is 113 cm³/mol. The highest BCUT2D eigenvalue weighted by Crippen LogP contribution is 2.41. The van der Waals surface area contributed by atoms with Crippen LogP contribution in [0.1, 0.15) is 50.1 Å². The summed E-state index contributed by atoms with van der Waals surface area (Å²) < 4.78 is 11.6. The van der Waals surface area contributed by atoms with Crippen molar-refractivity contribution in [3.05, 3.63) is 64.4 Å². The van der Waals surface area contributed by atoms with Gasteiger partial charge in [-0.3, -0.25) is 4.98 Å². The van der Waals surface area contributed by atoms with E-state index in [0.717, 1.165) is 24.3 Å². The molecule has 152 valence electrons. The van der Waals surface area contributed by atoms with Crippen molar-refractivity contribution >= 4 is 23.3 Å². The first-order chi connectivity index (χ1) is 13.8. The molecule has 0 bridgehead atoms. The van der Waals surface area contributed by atoms with Crippen molar-refractivity contribution in [1.82, 2.24) is 9.88 Å². The lowest BCUT2D eigenvalue weighted by Gasteiger charge is -2.30. The molecule has 4 rings (SSSR count). The molecule has 2 aliphatic rings. The predicted octanol–water partition coefficient (Wildman–Crippen LogP) is 5.44. The number of benzene rings is 1. The summed E-state index contributed by atoms with van der Waals surface area (Å²) in [4.78, 5) is 18.5. The van der Waals surface area contributed by atoms with Gasteiger partial charge in [-0.25, -0.2) is 4.79 Å². The number of carbonyl (C=O) groups is 1. The Balaban J connectivity index is 1.50. The van der Waals surface area contributed by atoms with Gasteiger partial charge in [0.15, 0.2) is 0 Å². The Morgan fingerprint density at radius 2 is 2.10 bits per heavy atom. The summed E-state index contributed by atoms with van der Waals surface area (Å²) in [5, 5.41) is 0.617. The largest absolute Gasteiger partial charge is 0.483 e. The quantitative estimate of drug-likeness (QED) is 0.659. The molecule has 1 atom stereocenters. The number of halogens is 1. The van der Waals surface area contributed by atoms with Gasteiger partial charge in [-0.1, -0.05) is 29.8 Å². The van der Waals surface area contributed by atoms with E-state index in [-0.39, 0.29) is 12.2 Å². The normalized spacial score (nSPS) is 18.7. The Morgan fingerprint density at radius 3 is 2.76 bits per heavy atom. The van der Waals surface area contributed by atoms with Crippen LogP contribution in [0.2, 0.25) is 5.02 Å². The number of nitrogens with zero attached hydrogens (tertiary/aromatic N) is 2. The van der Waals surface area contributed by atoms with Crippen molar-refractivity contribution in [2.45, 2.75) is 45.3 Å². The fourth-order valence-corrected chi connectivity index (χ4v) is 3.83. The molecule has 2 aliphatic heterocycles. The monoisotopic (exact) mass is 412 g/mol. The molecule has 0 fully saturated rings. The highest BCUT2D eigenvalue weighted by Gasteiger charge is 2.30. The second-order valence-corrected chi connectivity index (χ2v) is 8.84. The molecule has 0 spiro atoms. The number of hydrogen-bond acceptors (Lipinski definition) is 4. The highest BCUT2D eigenvalue weighted by atomic mass is 35.5. The summed E-state index contributed by atoms with van der Waals surface area (Å²) in [6, 6.07) is 9.91. The van der Waals surface area contributed by atoms with Gasteiger partial charge in [-0.15, -0.1) is 0 Å². The minimum Gasteiger partial charge on any atom is -0.483 e. The van der Waals surface area contributed by atoms with Crippen molar-refractivity contribution in [1.29, 1.82) is 0 Å². The maximum atomic E-state index is 12.3. The van der Waals surface area contributed by atoms with Gasteiger partial charge < -0.3 is 14.4 Å². The van der Waals surface area contributed by atoms with Crippen LogP contribution in [0.15, 0.2) is 42.6 Å². The summed E-state index contributed by atoms with van der Waals surface area (Å²) in [7, 11) is 0. The number of carbonyl (C=O) groups excluding carboxylic acids is 1. The molecule has 3 heterocycles. The average Bonchev–Trinajstić information content (AvgIpc) is 3.11. The zero-order valence-electron chi connectivity index (χ0n) is 16.9. The number of fused-ring (bicyclic) bond motifs is 1. The van der Waals surface area contributed by atoms with Crippen LogP contribution in [0.4, 0.5) is 4.79 Å². The van der Waals surface area contributed by atoms with E-state index in [4.69, 9.17) is 21.1 Å². The third kappa shape index (κ3) is 4.40. The molecule has 0 saturated heterocycles. The number of amides is 1. The lowest BCUT2D eigenvalue weighted by molar-refractivity contribution is 0.0270. The summed E-state index contributed by atoms with van der Waals surface area (Å²) >= 11 is 5.96. The zero-order valence-corrected chi connectivity index (χ0v) is 17.7. The fourth-order valence-electron chi connectivity index (χ4n) is 3.72. The first-order valence-electron chi connectivity index (χ1n) is 9.87. The summed E-state index contributed by atoms with van der Waals surface area (Å²) in [6.07, 6.45) is 4.97. The highest BCUT2D eigenvalue weighted by molar-refractivity contribution is 6.30. The van der Waals surface area contributed by atoms with Crippen LogP contribution in [0.3, 0.4) is 0 Å². The SMILES string of the molecule is CC(C)(C)OC(=O)N1CC=C(c2cccc3c2CC(c2ccc(Cl)cn2)O3)CC1. The van der Waals surface area contributed by atoms with Gasteiger partial charge in [0.2, 0.25) is 0 Å². The van der Waals surface area contributed by atoms with Crippen LogP contribution >= 0.6 is 11.6 Å². The Bertz CT molecular complexity index is 948. The Morgan fingerprint density at radius 1 is 1.28 bits per heavy atom. The lowest BCUT2D eigenvalue weighted by atomic mass is 9.92. The minimum atomic E-state index is -0.483. The fraction of sp³-hybridized carbons (Fsp3) is 0.391. The molecule has 0 N–H and O–H groups in total. The van der Waals surface area contributed by atoms with Gasteiger partial charge in [-0.05, 0) is 56.5 Å². The van der Waals surface area contributed by atoms with Crippen LogP contribution in [0, 0.1) is 0 Å². The Hall–Kier alpha value is -2.53. The number of ether oxygens (including phenoxy) is 2. The van der Waals surface area contributed by atoms with E-state index in [1.807, 2.05) is 45.0 Å². The molecule has 29 heavy (non-hydrogen) atoms. The lowest BCUT2D eigenvalue weighted by Crippen LogP contribution is -2.39. The number of pyridine rings is 1. The first-order valence-corrected chi connectivity index (χ1v) is 10.3. The van der Waals surface area contributed by atoms with Crippen LogP contribution in [0.25, 0.3) is 5.57 Å². The summed E-state index contributed by atoms with van der Waals surface area (Å²) in [5.41, 5.74) is 4.04. The van der Waals surface area contributed by atoms with Crippen LogP contribution < -0.4 is 4.74 Å². The van der Waals surface area contributed by atoms with E-state index in [1.54, 1.807) is 11.1 Å². The Labute approximate surface area is 176 Å². The van der Waals surface area contributed by atoms with Gasteiger partial charge in [0.1, 0.15) is 17.5 Å². The van der Waals surface area contributed by atoms with Crippen LogP contribution in [-0.4, -0.2) is 34.7 Å². The standard InChI is InChI=1S/C23H25ClN2O3/c1-23(2,3)29-22(27)26-11-9-15(10-12-26)17-5-4-6-20-18(17)13-21(28-20)19-8-7-16(24)14-25-19/h4-9,14,21H,10-13H2,1-3H3. The van der Waals surface area contributed by atoms with E-state index >= 15 is 0 Å². The average molecular weight is 413 g/mol. The molecule has 5 nitrogen and oxygen atoms in total. The molecule has 1 aromatic carbocycles. The third-order valence-corrected chi connectivity index (χ3v) is 5.30. The first kappa shape index (κ1) is 19.8. The number of rotatable bonds is 2. The molecule has 0 aliphatic carbocycles. The van der Waals surface area contributed by atoms with Gasteiger partial charge in [0.25, 0.3) is 0 Å². The van der Waals surface area contributed by atoms with Gasteiger partial charge >= 0.3 is 6.09 Å². The molecular weight excluding hydrogens is 388 g/mol. The molecule has 1 amide bonds. The Kier molecular flexibility index (Phi) is 5.26. The molecule has 0 radical (unpaired) electrons. The molecule has 2 aromatic rings. The minimum absolute atomic E-state index is 0.106. The second-order valence-electron chi connectivity index (χ2n) is 8.40. The van der Waals surface area contributed by atoms with Gasteiger partial charge in [0, 0.05) is 31.3 Å². The van der Waals surface area contributed by atoms with E-state index in [0.29, 0.717) is 18.1 Å². The number of aromatic nitrogens is 1. The zero-order chi connectivity index (χ0) is 20.6. The molecule has 6 heteroatoms. The van der Waals surface area contributed by atoms with Crippen molar-refractivity contribution in [2.75, 3.05) is 13.1 Å². The van der Waals surface area contributed by atoms with Gasteiger partial charge in [-0.2, -0.15) is 0 Å². The smallest absolute Gasteiger partial charge is 0.410 e.